The van der Waals surface area contributed by atoms with Gasteiger partial charge in [-0.25, -0.2) is 8.42 Å². The van der Waals surface area contributed by atoms with E-state index in [1.54, 1.807) is 18.2 Å². The molecule has 1 atom stereocenters. The van der Waals surface area contributed by atoms with E-state index in [2.05, 4.69) is 5.16 Å². The highest BCUT2D eigenvalue weighted by Gasteiger charge is 2.48. The number of carbonyl (C=O) groups is 1. The molecule has 2 fully saturated rings. The Morgan fingerprint density at radius 2 is 2.03 bits per heavy atom. The summed E-state index contributed by atoms with van der Waals surface area (Å²) in [6.07, 6.45) is 6.39. The molecule has 1 amide bonds. The van der Waals surface area contributed by atoms with E-state index in [9.17, 15) is 13.2 Å². The average molecular weight is 448 g/mol. The molecule has 0 bridgehead atoms. The number of carbonyl (C=O) groups excluding carboxylic acids is 1. The normalized spacial score (nSPS) is 23.1. The number of nitrogens with two attached hydrogens (primary N) is 1. The minimum atomic E-state index is -3.84. The number of aromatic nitrogens is 1. The first-order valence-electron chi connectivity index (χ1n) is 10.7. The van der Waals surface area contributed by atoms with E-state index in [1.165, 1.54) is 36.7 Å². The third-order valence-corrected chi connectivity index (χ3v) is 8.53. The minimum Gasteiger partial charge on any atom is -0.495 e. The van der Waals surface area contributed by atoms with Crippen molar-refractivity contribution < 1.29 is 22.5 Å². The summed E-state index contributed by atoms with van der Waals surface area (Å²) in [4.78, 5) is 12.6. The molecule has 1 aromatic heterocycles. The van der Waals surface area contributed by atoms with Crippen LogP contribution >= 0.6 is 0 Å². The van der Waals surface area contributed by atoms with Crippen molar-refractivity contribution in [3.05, 3.63) is 41.8 Å². The number of nitrogens with zero attached hydrogens (tertiary/aromatic N) is 2. The molecule has 2 aromatic rings. The number of hydrogen-bond acceptors (Lipinski definition) is 6. The van der Waals surface area contributed by atoms with Gasteiger partial charge in [-0.3, -0.25) is 4.79 Å². The molecule has 9 heteroatoms. The Morgan fingerprint density at radius 1 is 1.29 bits per heavy atom. The van der Waals surface area contributed by atoms with Crippen molar-refractivity contribution in [2.75, 3.05) is 20.2 Å². The van der Waals surface area contributed by atoms with E-state index in [1.807, 2.05) is 6.07 Å². The Hall–Kier alpha value is -2.39. The van der Waals surface area contributed by atoms with Crippen LogP contribution in [0.15, 0.2) is 39.8 Å². The molecule has 1 saturated heterocycles. The first kappa shape index (κ1) is 21.8. The first-order valence-corrected chi connectivity index (χ1v) is 12.2. The smallest absolute Gasteiger partial charge is 0.246 e. The molecule has 0 unspecified atom stereocenters. The summed E-state index contributed by atoms with van der Waals surface area (Å²) in [6.45, 7) is 0.203. The summed E-state index contributed by atoms with van der Waals surface area (Å²) in [5.41, 5.74) is 5.68. The SMILES string of the molecule is COc1ccccc1S(=O)(=O)N1CC[C@](Cc2cc(C3CCCCC3)no2)(C(N)=O)C1. The van der Waals surface area contributed by atoms with Gasteiger partial charge in [0.15, 0.2) is 0 Å². The number of ether oxygens (including phenoxy) is 1. The molecule has 168 valence electrons. The second-order valence-electron chi connectivity index (χ2n) is 8.61. The monoisotopic (exact) mass is 447 g/mol. The lowest BCUT2D eigenvalue weighted by molar-refractivity contribution is -0.127. The molecule has 4 rings (SSSR count). The highest BCUT2D eigenvalue weighted by Crippen LogP contribution is 2.39. The summed E-state index contributed by atoms with van der Waals surface area (Å²) in [5, 5.41) is 4.23. The molecule has 2 heterocycles. The maximum absolute atomic E-state index is 13.2. The van der Waals surface area contributed by atoms with Crippen molar-refractivity contribution in [1.82, 2.24) is 9.46 Å². The van der Waals surface area contributed by atoms with Crippen LogP contribution in [0.1, 0.15) is 55.9 Å². The third-order valence-electron chi connectivity index (χ3n) is 6.64. The van der Waals surface area contributed by atoms with Gasteiger partial charge < -0.3 is 15.0 Å². The molecule has 1 aliphatic heterocycles. The summed E-state index contributed by atoms with van der Waals surface area (Å²) < 4.78 is 38.6. The molecular formula is C22H29N3O5S. The molecule has 1 aliphatic carbocycles. The number of amides is 1. The van der Waals surface area contributed by atoms with Gasteiger partial charge in [-0.1, -0.05) is 36.6 Å². The van der Waals surface area contributed by atoms with Crippen molar-refractivity contribution in [1.29, 1.82) is 0 Å². The lowest BCUT2D eigenvalue weighted by Crippen LogP contribution is -2.42. The molecule has 2 aliphatic rings. The average Bonchev–Trinajstić information content (AvgIpc) is 3.43. The van der Waals surface area contributed by atoms with Gasteiger partial charge in [0.05, 0.1) is 18.2 Å². The van der Waals surface area contributed by atoms with Crippen LogP contribution in [0.5, 0.6) is 5.75 Å². The van der Waals surface area contributed by atoms with E-state index < -0.39 is 21.3 Å². The van der Waals surface area contributed by atoms with Crippen LogP contribution in [0.2, 0.25) is 0 Å². The molecule has 1 saturated carbocycles. The van der Waals surface area contributed by atoms with Gasteiger partial charge in [0.1, 0.15) is 16.4 Å². The van der Waals surface area contributed by atoms with Crippen LogP contribution in [0.4, 0.5) is 0 Å². The zero-order chi connectivity index (χ0) is 22.1. The van der Waals surface area contributed by atoms with Crippen LogP contribution in [-0.2, 0) is 21.2 Å². The summed E-state index contributed by atoms with van der Waals surface area (Å²) >= 11 is 0. The van der Waals surface area contributed by atoms with Crippen LogP contribution in [0.25, 0.3) is 0 Å². The van der Waals surface area contributed by atoms with Gasteiger partial charge >= 0.3 is 0 Å². The number of hydrogen-bond donors (Lipinski definition) is 1. The summed E-state index contributed by atoms with van der Waals surface area (Å²) in [5.74, 6) is 0.713. The highest BCUT2D eigenvalue weighted by molar-refractivity contribution is 7.89. The Bertz CT molecular complexity index is 1040. The molecule has 0 radical (unpaired) electrons. The number of methoxy groups -OCH3 is 1. The standard InChI is InChI=1S/C22H29N3O5S/c1-29-19-9-5-6-10-20(19)31(27,28)25-12-11-22(15-25,21(23)26)14-17-13-18(24-30-17)16-7-3-2-4-8-16/h5-6,9-10,13,16H,2-4,7-8,11-12,14-15H2,1H3,(H2,23,26)/t22-/m1/s1. The lowest BCUT2D eigenvalue weighted by Gasteiger charge is -2.25. The maximum atomic E-state index is 13.2. The van der Waals surface area contributed by atoms with Crippen LogP contribution in [0.3, 0.4) is 0 Å². The molecule has 8 nitrogen and oxygen atoms in total. The number of para-hydroxylation sites is 1. The number of benzene rings is 1. The minimum absolute atomic E-state index is 0.00216. The predicted molar refractivity (Wildman–Crippen MR) is 114 cm³/mol. The largest absolute Gasteiger partial charge is 0.495 e. The Balaban J connectivity index is 1.55. The van der Waals surface area contributed by atoms with Gasteiger partial charge in [0, 0.05) is 31.5 Å². The van der Waals surface area contributed by atoms with E-state index in [0.29, 0.717) is 18.1 Å². The molecule has 2 N–H and O–H groups in total. The second-order valence-corrected chi connectivity index (χ2v) is 10.5. The van der Waals surface area contributed by atoms with Gasteiger partial charge in [-0.05, 0) is 31.4 Å². The molecule has 31 heavy (non-hydrogen) atoms. The van der Waals surface area contributed by atoms with E-state index in [4.69, 9.17) is 15.0 Å². The highest BCUT2D eigenvalue weighted by atomic mass is 32.2. The Morgan fingerprint density at radius 3 is 2.74 bits per heavy atom. The van der Waals surface area contributed by atoms with Gasteiger partial charge in [0.25, 0.3) is 0 Å². The Labute approximate surface area is 182 Å². The van der Waals surface area contributed by atoms with Crippen LogP contribution in [-0.4, -0.2) is 44.0 Å². The molecule has 1 aromatic carbocycles. The number of sulfonamides is 1. The van der Waals surface area contributed by atoms with Crippen molar-refractivity contribution in [3.8, 4) is 5.75 Å². The van der Waals surface area contributed by atoms with Crippen LogP contribution < -0.4 is 10.5 Å². The molecular weight excluding hydrogens is 418 g/mol. The number of rotatable bonds is 7. The first-order chi connectivity index (χ1) is 14.9. The fourth-order valence-electron chi connectivity index (χ4n) is 4.78. The second kappa shape index (κ2) is 8.63. The van der Waals surface area contributed by atoms with Gasteiger partial charge in [-0.15, -0.1) is 0 Å². The Kier molecular flexibility index (Phi) is 6.07. The van der Waals surface area contributed by atoms with Crippen molar-refractivity contribution >= 4 is 15.9 Å². The van der Waals surface area contributed by atoms with Crippen molar-refractivity contribution in [2.45, 2.75) is 55.8 Å². The van der Waals surface area contributed by atoms with E-state index in [-0.39, 0.29) is 30.2 Å². The summed E-state index contributed by atoms with van der Waals surface area (Å²) in [7, 11) is -2.41. The van der Waals surface area contributed by atoms with Crippen molar-refractivity contribution in [2.24, 2.45) is 11.1 Å². The lowest BCUT2D eigenvalue weighted by atomic mass is 9.81. The zero-order valence-corrected chi connectivity index (χ0v) is 18.6. The number of primary amides is 1. The fraction of sp³-hybridized carbons (Fsp3) is 0.545. The van der Waals surface area contributed by atoms with E-state index in [0.717, 1.165) is 18.5 Å². The topological polar surface area (TPSA) is 116 Å². The fourth-order valence-corrected chi connectivity index (χ4v) is 6.46. The van der Waals surface area contributed by atoms with Crippen LogP contribution in [0, 0.1) is 5.41 Å². The summed E-state index contributed by atoms with van der Waals surface area (Å²) in [6, 6.07) is 8.38. The maximum Gasteiger partial charge on any atom is 0.246 e. The van der Waals surface area contributed by atoms with Gasteiger partial charge in [-0.2, -0.15) is 4.31 Å². The third kappa shape index (κ3) is 4.21. The predicted octanol–water partition coefficient (Wildman–Crippen LogP) is 2.84. The molecule has 0 spiro atoms. The quantitative estimate of drug-likeness (QED) is 0.698. The zero-order valence-electron chi connectivity index (χ0n) is 17.7. The van der Waals surface area contributed by atoms with Gasteiger partial charge in [0.2, 0.25) is 15.9 Å². The van der Waals surface area contributed by atoms with Crippen molar-refractivity contribution in [3.63, 3.8) is 0 Å². The van der Waals surface area contributed by atoms with E-state index >= 15 is 0 Å².